The molecule has 242 valence electrons. The zero-order valence-corrected chi connectivity index (χ0v) is 28.6. The molecule has 2 nitrogen and oxygen atoms in total. The van der Waals surface area contributed by atoms with Crippen molar-refractivity contribution in [3.05, 3.63) is 187 Å². The summed E-state index contributed by atoms with van der Waals surface area (Å²) in [5, 5.41) is 4.69. The van der Waals surface area contributed by atoms with E-state index in [2.05, 4.69) is 189 Å². The molecule has 0 atom stereocenters. The van der Waals surface area contributed by atoms with Gasteiger partial charge in [-0.2, -0.15) is 0 Å². The summed E-state index contributed by atoms with van der Waals surface area (Å²) in [4.78, 5) is 2.42. The number of para-hydroxylation sites is 3. The minimum atomic E-state index is -0.142. The number of hydrogen-bond acceptors (Lipinski definition) is 2. The Kier molecular flexibility index (Phi) is 6.56. The van der Waals surface area contributed by atoms with Gasteiger partial charge in [-0.3, -0.25) is 0 Å². The third-order valence-electron chi connectivity index (χ3n) is 10.9. The molecule has 10 rings (SSSR count). The fourth-order valence-corrected chi connectivity index (χ4v) is 8.46. The van der Waals surface area contributed by atoms with Gasteiger partial charge in [0.25, 0.3) is 0 Å². The Balaban J connectivity index is 1.27. The molecule has 9 aromatic rings. The summed E-state index contributed by atoms with van der Waals surface area (Å²) in [6.07, 6.45) is 0. The van der Waals surface area contributed by atoms with Crippen LogP contribution >= 0.6 is 0 Å². The highest BCUT2D eigenvalue weighted by Crippen LogP contribution is 2.52. The van der Waals surface area contributed by atoms with Crippen LogP contribution in [-0.2, 0) is 5.41 Å². The SMILES string of the molecule is CC1(C)c2ccccc2-c2ccc(N(c3ccccc3-c3ccc4ccccc4c3-c3ccccc3)c3cccc4c3oc3ccccc34)cc21. The molecule has 0 saturated heterocycles. The van der Waals surface area contributed by atoms with Gasteiger partial charge in [-0.25, -0.2) is 0 Å². The van der Waals surface area contributed by atoms with Gasteiger partial charge in [-0.05, 0) is 80.0 Å². The van der Waals surface area contributed by atoms with E-state index in [0.717, 1.165) is 44.6 Å². The Morgan fingerprint density at radius 3 is 1.98 bits per heavy atom. The lowest BCUT2D eigenvalue weighted by Gasteiger charge is -2.30. The standard InChI is InChI=1S/C49H35NO/c1-49(2)42-23-11-8-19-36(42)37-30-28-34(31-43(37)49)50(45-25-14-22-41-39-21-10-13-26-46(39)51-48(41)45)44-24-12-9-20-38(44)40-29-27-32-15-6-7-18-35(32)47(40)33-16-4-3-5-17-33/h3-31H,1-2H3. The van der Waals surface area contributed by atoms with Gasteiger partial charge in [-0.15, -0.1) is 0 Å². The minimum Gasteiger partial charge on any atom is -0.454 e. The van der Waals surface area contributed by atoms with E-state index >= 15 is 0 Å². The van der Waals surface area contributed by atoms with Crippen molar-refractivity contribution in [2.75, 3.05) is 4.90 Å². The first-order chi connectivity index (χ1) is 25.1. The number of furan rings is 1. The first-order valence-electron chi connectivity index (χ1n) is 17.7. The molecule has 0 N–H and O–H groups in total. The van der Waals surface area contributed by atoms with Gasteiger partial charge in [0.15, 0.2) is 5.58 Å². The summed E-state index contributed by atoms with van der Waals surface area (Å²) in [5.41, 5.74) is 14.9. The molecule has 51 heavy (non-hydrogen) atoms. The molecular formula is C49H35NO. The molecule has 0 aliphatic heterocycles. The molecule has 0 bridgehead atoms. The number of rotatable bonds is 5. The Morgan fingerprint density at radius 1 is 0.451 bits per heavy atom. The quantitative estimate of drug-likeness (QED) is 0.184. The van der Waals surface area contributed by atoms with Gasteiger partial charge >= 0.3 is 0 Å². The summed E-state index contributed by atoms with van der Waals surface area (Å²) in [5.74, 6) is 0. The lowest BCUT2D eigenvalue weighted by Crippen LogP contribution is -2.17. The van der Waals surface area contributed by atoms with Crippen molar-refractivity contribution in [3.63, 3.8) is 0 Å². The van der Waals surface area contributed by atoms with E-state index in [1.54, 1.807) is 0 Å². The minimum absolute atomic E-state index is 0.142. The van der Waals surface area contributed by atoms with Crippen LogP contribution in [0.2, 0.25) is 0 Å². The number of fused-ring (bicyclic) bond motifs is 7. The third kappa shape index (κ3) is 4.50. The highest BCUT2D eigenvalue weighted by Gasteiger charge is 2.36. The lowest BCUT2D eigenvalue weighted by atomic mass is 9.82. The molecule has 0 spiro atoms. The van der Waals surface area contributed by atoms with Crippen LogP contribution in [0, 0.1) is 0 Å². The van der Waals surface area contributed by atoms with Crippen molar-refractivity contribution in [2.24, 2.45) is 0 Å². The first kappa shape index (κ1) is 29.5. The average molecular weight is 654 g/mol. The topological polar surface area (TPSA) is 16.4 Å². The largest absolute Gasteiger partial charge is 0.454 e. The van der Waals surface area contributed by atoms with E-state index in [0.29, 0.717) is 0 Å². The van der Waals surface area contributed by atoms with E-state index in [-0.39, 0.29) is 5.41 Å². The Morgan fingerprint density at radius 2 is 1.10 bits per heavy atom. The highest BCUT2D eigenvalue weighted by atomic mass is 16.3. The van der Waals surface area contributed by atoms with Gasteiger partial charge in [0.2, 0.25) is 0 Å². The van der Waals surface area contributed by atoms with Gasteiger partial charge < -0.3 is 9.32 Å². The van der Waals surface area contributed by atoms with E-state index < -0.39 is 0 Å². The van der Waals surface area contributed by atoms with Gasteiger partial charge in [0.1, 0.15) is 5.58 Å². The molecule has 2 heteroatoms. The van der Waals surface area contributed by atoms with E-state index in [1.807, 2.05) is 6.07 Å². The molecule has 1 heterocycles. The molecular weight excluding hydrogens is 619 g/mol. The summed E-state index contributed by atoms with van der Waals surface area (Å²) < 4.78 is 6.75. The van der Waals surface area contributed by atoms with Crippen molar-refractivity contribution in [1.82, 2.24) is 0 Å². The molecule has 8 aromatic carbocycles. The van der Waals surface area contributed by atoms with Crippen molar-refractivity contribution in [2.45, 2.75) is 19.3 Å². The number of hydrogen-bond donors (Lipinski definition) is 0. The molecule has 0 radical (unpaired) electrons. The normalized spacial score (nSPS) is 13.1. The van der Waals surface area contributed by atoms with Crippen LogP contribution in [0.4, 0.5) is 17.1 Å². The highest BCUT2D eigenvalue weighted by molar-refractivity contribution is 6.12. The number of anilines is 3. The van der Waals surface area contributed by atoms with E-state index in [9.17, 15) is 0 Å². The van der Waals surface area contributed by atoms with Gasteiger partial charge in [-0.1, -0.05) is 159 Å². The number of benzene rings is 8. The summed E-state index contributed by atoms with van der Waals surface area (Å²) in [6.45, 7) is 4.70. The molecule has 0 fully saturated rings. The van der Waals surface area contributed by atoms with Crippen molar-refractivity contribution >= 4 is 49.8 Å². The van der Waals surface area contributed by atoms with Gasteiger partial charge in [0, 0.05) is 27.4 Å². The summed E-state index contributed by atoms with van der Waals surface area (Å²) in [6, 6.07) is 63.6. The van der Waals surface area contributed by atoms with Crippen LogP contribution in [0.25, 0.3) is 66.1 Å². The van der Waals surface area contributed by atoms with E-state index in [4.69, 9.17) is 4.42 Å². The van der Waals surface area contributed by atoms with Crippen LogP contribution in [0.5, 0.6) is 0 Å². The fraction of sp³-hybridized carbons (Fsp3) is 0.0612. The van der Waals surface area contributed by atoms with Crippen LogP contribution in [0.1, 0.15) is 25.0 Å². The zero-order valence-electron chi connectivity index (χ0n) is 28.6. The first-order valence-corrected chi connectivity index (χ1v) is 17.7. The Hall–Kier alpha value is -6.38. The maximum absolute atomic E-state index is 6.75. The van der Waals surface area contributed by atoms with Crippen LogP contribution < -0.4 is 4.90 Å². The fourth-order valence-electron chi connectivity index (χ4n) is 8.46. The summed E-state index contributed by atoms with van der Waals surface area (Å²) >= 11 is 0. The number of nitrogens with zero attached hydrogens (tertiary/aromatic N) is 1. The molecule has 0 unspecified atom stereocenters. The van der Waals surface area contributed by atoms with Crippen molar-refractivity contribution < 1.29 is 4.42 Å². The molecule has 1 aliphatic carbocycles. The summed E-state index contributed by atoms with van der Waals surface area (Å²) in [7, 11) is 0. The molecule has 1 aromatic heterocycles. The molecule has 0 amide bonds. The smallest absolute Gasteiger partial charge is 0.159 e. The van der Waals surface area contributed by atoms with Crippen molar-refractivity contribution in [3.8, 4) is 33.4 Å². The Labute approximate surface area is 297 Å². The second-order valence-electron chi connectivity index (χ2n) is 14.1. The van der Waals surface area contributed by atoms with Crippen LogP contribution in [0.15, 0.2) is 180 Å². The van der Waals surface area contributed by atoms with Crippen molar-refractivity contribution in [1.29, 1.82) is 0 Å². The predicted octanol–water partition coefficient (Wildman–Crippen LogP) is 13.8. The zero-order chi connectivity index (χ0) is 34.1. The third-order valence-corrected chi connectivity index (χ3v) is 10.9. The Bertz CT molecular complexity index is 2790. The maximum Gasteiger partial charge on any atom is 0.159 e. The van der Waals surface area contributed by atoms with Gasteiger partial charge in [0.05, 0.1) is 11.4 Å². The second kappa shape index (κ2) is 11.3. The molecule has 0 saturated carbocycles. The predicted molar refractivity (Wildman–Crippen MR) is 214 cm³/mol. The maximum atomic E-state index is 6.75. The second-order valence-corrected chi connectivity index (χ2v) is 14.1. The molecule has 1 aliphatic rings. The van der Waals surface area contributed by atoms with Crippen LogP contribution in [0.3, 0.4) is 0 Å². The van der Waals surface area contributed by atoms with Crippen LogP contribution in [-0.4, -0.2) is 0 Å². The van der Waals surface area contributed by atoms with E-state index in [1.165, 1.54) is 49.7 Å². The lowest BCUT2D eigenvalue weighted by molar-refractivity contribution is 0.660. The average Bonchev–Trinajstić information content (AvgIpc) is 3.68. The monoisotopic (exact) mass is 653 g/mol.